The Labute approximate surface area is 94.0 Å². The third-order valence-corrected chi connectivity index (χ3v) is 2.58. The number of hydrogen-bond donors (Lipinski definition) is 1. The lowest BCUT2D eigenvalue weighted by Gasteiger charge is -2.07. The predicted molar refractivity (Wildman–Crippen MR) is 64.3 cm³/mol. The number of rotatable bonds is 4. The summed E-state index contributed by atoms with van der Waals surface area (Å²) in [5.41, 5.74) is 7.63. The molecule has 1 rings (SSSR count). The fourth-order valence-corrected chi connectivity index (χ4v) is 1.40. The van der Waals surface area contributed by atoms with E-state index in [2.05, 4.69) is 0 Å². The molecule has 0 spiro atoms. The molecule has 0 fully saturated rings. The second kappa shape index (κ2) is 5.66. The molecule has 4 heteroatoms. The molecule has 0 heterocycles. The quantitative estimate of drug-likeness (QED) is 0.484. The van der Waals surface area contributed by atoms with Gasteiger partial charge in [-0.3, -0.25) is 0 Å². The molecule has 0 bridgehead atoms. The Morgan fingerprint density at radius 2 is 2.27 bits per heavy atom. The van der Waals surface area contributed by atoms with Crippen LogP contribution in [0.25, 0.3) is 0 Å². The lowest BCUT2D eigenvalue weighted by atomic mass is 10.1. The standard InChI is InChI=1S/C11H15NO2S/c1-8-3-4-9(12)7-10(8)11(13)14-5-6-15-2/h3-4,7H,5-6,12H2,1-2H3. The summed E-state index contributed by atoms with van der Waals surface area (Å²) in [4.78, 5) is 11.6. The van der Waals surface area contributed by atoms with Gasteiger partial charge in [-0.25, -0.2) is 4.79 Å². The Morgan fingerprint density at radius 1 is 1.53 bits per heavy atom. The van der Waals surface area contributed by atoms with Gasteiger partial charge in [0.05, 0.1) is 5.56 Å². The van der Waals surface area contributed by atoms with E-state index in [1.54, 1.807) is 23.9 Å². The summed E-state index contributed by atoms with van der Waals surface area (Å²) in [6.07, 6.45) is 1.97. The Hall–Kier alpha value is -1.16. The Kier molecular flexibility index (Phi) is 4.49. The van der Waals surface area contributed by atoms with E-state index < -0.39 is 0 Å². The zero-order chi connectivity index (χ0) is 11.3. The average Bonchev–Trinajstić information content (AvgIpc) is 2.22. The average molecular weight is 225 g/mol. The maximum absolute atomic E-state index is 11.6. The van der Waals surface area contributed by atoms with Crippen LogP contribution < -0.4 is 5.73 Å². The van der Waals surface area contributed by atoms with Crippen LogP contribution in [0.2, 0.25) is 0 Å². The number of carbonyl (C=O) groups is 1. The van der Waals surface area contributed by atoms with Gasteiger partial charge in [-0.15, -0.1) is 0 Å². The summed E-state index contributed by atoms with van der Waals surface area (Å²) in [6, 6.07) is 5.24. The first kappa shape index (κ1) is 11.9. The Morgan fingerprint density at radius 3 is 2.93 bits per heavy atom. The van der Waals surface area contributed by atoms with Crippen LogP contribution in [0.5, 0.6) is 0 Å². The van der Waals surface area contributed by atoms with Crippen LogP contribution in [-0.2, 0) is 4.74 Å². The number of aryl methyl sites for hydroxylation is 1. The van der Waals surface area contributed by atoms with E-state index in [1.165, 1.54) is 0 Å². The number of benzene rings is 1. The van der Waals surface area contributed by atoms with Gasteiger partial charge in [0.2, 0.25) is 0 Å². The highest BCUT2D eigenvalue weighted by atomic mass is 32.2. The predicted octanol–water partition coefficient (Wildman–Crippen LogP) is 2.10. The van der Waals surface area contributed by atoms with E-state index in [9.17, 15) is 4.79 Å². The largest absolute Gasteiger partial charge is 0.461 e. The molecule has 0 aromatic heterocycles. The summed E-state index contributed by atoms with van der Waals surface area (Å²) in [5, 5.41) is 0. The number of nitrogens with two attached hydrogens (primary N) is 1. The number of hydrogen-bond acceptors (Lipinski definition) is 4. The van der Waals surface area contributed by atoms with E-state index in [-0.39, 0.29) is 5.97 Å². The van der Waals surface area contributed by atoms with Gasteiger partial charge in [0.15, 0.2) is 0 Å². The summed E-state index contributed by atoms with van der Waals surface area (Å²) >= 11 is 1.64. The van der Waals surface area contributed by atoms with Crippen molar-refractivity contribution in [1.82, 2.24) is 0 Å². The molecular formula is C11H15NO2S. The van der Waals surface area contributed by atoms with Crippen LogP contribution in [0, 0.1) is 6.92 Å². The third-order valence-electron chi connectivity index (χ3n) is 2.00. The van der Waals surface area contributed by atoms with Gasteiger partial charge in [0, 0.05) is 11.4 Å². The molecule has 15 heavy (non-hydrogen) atoms. The first-order valence-electron chi connectivity index (χ1n) is 4.67. The molecule has 0 atom stereocenters. The van der Waals surface area contributed by atoms with Gasteiger partial charge in [-0.05, 0) is 30.9 Å². The molecule has 0 aliphatic heterocycles. The van der Waals surface area contributed by atoms with E-state index in [0.29, 0.717) is 17.9 Å². The van der Waals surface area contributed by atoms with Crippen LogP contribution in [0.15, 0.2) is 18.2 Å². The van der Waals surface area contributed by atoms with Crippen molar-refractivity contribution in [2.75, 3.05) is 24.3 Å². The van der Waals surface area contributed by atoms with E-state index in [1.807, 2.05) is 19.2 Å². The zero-order valence-corrected chi connectivity index (χ0v) is 9.76. The molecule has 0 radical (unpaired) electrons. The SMILES string of the molecule is CSCCOC(=O)c1cc(N)ccc1C. The molecule has 0 aliphatic carbocycles. The molecule has 2 N–H and O–H groups in total. The highest BCUT2D eigenvalue weighted by Crippen LogP contribution is 2.13. The number of esters is 1. The topological polar surface area (TPSA) is 52.3 Å². The normalized spacial score (nSPS) is 10.0. The first-order chi connectivity index (χ1) is 7.15. The number of ether oxygens (including phenoxy) is 1. The lowest BCUT2D eigenvalue weighted by Crippen LogP contribution is -2.09. The van der Waals surface area contributed by atoms with E-state index in [0.717, 1.165) is 11.3 Å². The maximum Gasteiger partial charge on any atom is 0.338 e. The molecule has 1 aromatic carbocycles. The van der Waals surface area contributed by atoms with Gasteiger partial charge in [-0.1, -0.05) is 6.07 Å². The minimum Gasteiger partial charge on any atom is -0.461 e. The van der Waals surface area contributed by atoms with Gasteiger partial charge in [-0.2, -0.15) is 11.8 Å². The molecule has 0 aliphatic rings. The van der Waals surface area contributed by atoms with Crippen molar-refractivity contribution in [3.8, 4) is 0 Å². The van der Waals surface area contributed by atoms with Crippen molar-refractivity contribution in [3.05, 3.63) is 29.3 Å². The zero-order valence-electron chi connectivity index (χ0n) is 8.95. The fraction of sp³-hybridized carbons (Fsp3) is 0.364. The van der Waals surface area contributed by atoms with Gasteiger partial charge in [0.1, 0.15) is 6.61 Å². The third kappa shape index (κ3) is 3.47. The summed E-state index contributed by atoms with van der Waals surface area (Å²) in [6.45, 7) is 2.30. The van der Waals surface area contributed by atoms with Crippen LogP contribution in [0.4, 0.5) is 5.69 Å². The minimum atomic E-state index is -0.297. The maximum atomic E-state index is 11.6. The molecule has 1 aromatic rings. The number of nitrogen functional groups attached to an aromatic ring is 1. The Bertz CT molecular complexity index is 352. The summed E-state index contributed by atoms with van der Waals surface area (Å²) in [5.74, 6) is 0.515. The summed E-state index contributed by atoms with van der Waals surface area (Å²) < 4.78 is 5.09. The number of carbonyl (C=O) groups excluding carboxylic acids is 1. The number of thioether (sulfide) groups is 1. The van der Waals surface area contributed by atoms with Gasteiger partial charge < -0.3 is 10.5 Å². The monoisotopic (exact) mass is 225 g/mol. The molecule has 0 amide bonds. The molecule has 3 nitrogen and oxygen atoms in total. The smallest absolute Gasteiger partial charge is 0.338 e. The van der Waals surface area contributed by atoms with Gasteiger partial charge >= 0.3 is 5.97 Å². The van der Waals surface area contributed by atoms with Crippen LogP contribution in [0.3, 0.4) is 0 Å². The highest BCUT2D eigenvalue weighted by molar-refractivity contribution is 7.98. The van der Waals surface area contributed by atoms with Crippen molar-refractivity contribution in [2.24, 2.45) is 0 Å². The molecular weight excluding hydrogens is 210 g/mol. The molecule has 0 saturated carbocycles. The van der Waals surface area contributed by atoms with Crippen LogP contribution in [-0.4, -0.2) is 24.6 Å². The highest BCUT2D eigenvalue weighted by Gasteiger charge is 2.10. The van der Waals surface area contributed by atoms with Crippen LogP contribution >= 0.6 is 11.8 Å². The molecule has 0 unspecified atom stereocenters. The molecule has 0 saturated heterocycles. The lowest BCUT2D eigenvalue weighted by molar-refractivity contribution is 0.0529. The van der Waals surface area contributed by atoms with Gasteiger partial charge in [0.25, 0.3) is 0 Å². The second-order valence-electron chi connectivity index (χ2n) is 3.20. The van der Waals surface area contributed by atoms with Crippen molar-refractivity contribution in [1.29, 1.82) is 0 Å². The van der Waals surface area contributed by atoms with Crippen molar-refractivity contribution in [2.45, 2.75) is 6.92 Å². The van der Waals surface area contributed by atoms with Crippen LogP contribution in [0.1, 0.15) is 15.9 Å². The number of anilines is 1. The van der Waals surface area contributed by atoms with Crippen molar-refractivity contribution < 1.29 is 9.53 Å². The van der Waals surface area contributed by atoms with Crippen molar-refractivity contribution >= 4 is 23.4 Å². The van der Waals surface area contributed by atoms with E-state index in [4.69, 9.17) is 10.5 Å². The second-order valence-corrected chi connectivity index (χ2v) is 4.19. The fourth-order valence-electron chi connectivity index (χ4n) is 1.15. The Balaban J connectivity index is 2.68. The first-order valence-corrected chi connectivity index (χ1v) is 6.06. The molecule has 82 valence electrons. The summed E-state index contributed by atoms with van der Waals surface area (Å²) in [7, 11) is 0. The van der Waals surface area contributed by atoms with E-state index >= 15 is 0 Å². The van der Waals surface area contributed by atoms with Crippen molar-refractivity contribution in [3.63, 3.8) is 0 Å². The minimum absolute atomic E-state index is 0.297.